The van der Waals surface area contributed by atoms with Crippen molar-refractivity contribution in [3.8, 4) is 0 Å². The topological polar surface area (TPSA) is 29.5 Å². The van der Waals surface area contributed by atoms with Crippen molar-refractivity contribution in [1.29, 1.82) is 0 Å². The maximum atomic E-state index is 12.3. The lowest BCUT2D eigenvalue weighted by Gasteiger charge is -2.32. The number of amides is 1. The lowest BCUT2D eigenvalue weighted by molar-refractivity contribution is -0.137. The average Bonchev–Trinajstić information content (AvgIpc) is 2.98. The molecular formula is C13H21NO2. The van der Waals surface area contributed by atoms with E-state index in [-0.39, 0.29) is 5.92 Å². The monoisotopic (exact) mass is 223 g/mol. The van der Waals surface area contributed by atoms with E-state index in [1.807, 2.05) is 0 Å². The molecule has 3 rings (SSSR count). The summed E-state index contributed by atoms with van der Waals surface area (Å²) in [7, 11) is 0. The number of hydrogen-bond acceptors (Lipinski definition) is 2. The molecule has 3 atom stereocenters. The molecule has 3 aliphatic rings. The highest BCUT2D eigenvalue weighted by molar-refractivity contribution is 5.79. The van der Waals surface area contributed by atoms with Gasteiger partial charge in [0.1, 0.15) is 0 Å². The summed E-state index contributed by atoms with van der Waals surface area (Å²) in [6.07, 6.45) is 7.44. The second-order valence-electron chi connectivity index (χ2n) is 5.49. The van der Waals surface area contributed by atoms with Crippen molar-refractivity contribution >= 4 is 5.91 Å². The van der Waals surface area contributed by atoms with Crippen LogP contribution in [0.25, 0.3) is 0 Å². The zero-order chi connectivity index (χ0) is 11.0. The van der Waals surface area contributed by atoms with Crippen LogP contribution in [0.1, 0.15) is 38.5 Å². The summed E-state index contributed by atoms with van der Waals surface area (Å²) in [4.78, 5) is 14.5. The van der Waals surface area contributed by atoms with Crippen LogP contribution in [0.4, 0.5) is 0 Å². The Labute approximate surface area is 97.1 Å². The summed E-state index contributed by atoms with van der Waals surface area (Å²) in [6.45, 7) is 2.44. The third kappa shape index (κ3) is 1.75. The van der Waals surface area contributed by atoms with E-state index in [1.165, 1.54) is 32.1 Å². The van der Waals surface area contributed by atoms with Gasteiger partial charge in [-0.3, -0.25) is 4.79 Å². The Morgan fingerprint density at radius 2 is 2.00 bits per heavy atom. The molecule has 0 bridgehead atoms. The Bertz CT molecular complexity index is 273. The van der Waals surface area contributed by atoms with Gasteiger partial charge in [-0.1, -0.05) is 12.8 Å². The normalized spacial score (nSPS) is 38.8. The minimum absolute atomic E-state index is 0.167. The molecule has 3 fully saturated rings. The quantitative estimate of drug-likeness (QED) is 0.678. The molecule has 0 aromatic heterocycles. The number of fused-ring (bicyclic) bond motifs is 1. The highest BCUT2D eigenvalue weighted by Gasteiger charge is 2.40. The van der Waals surface area contributed by atoms with Crippen LogP contribution in [-0.4, -0.2) is 36.6 Å². The van der Waals surface area contributed by atoms with Crippen molar-refractivity contribution in [2.45, 2.75) is 44.6 Å². The van der Waals surface area contributed by atoms with Crippen molar-refractivity contribution in [3.63, 3.8) is 0 Å². The van der Waals surface area contributed by atoms with E-state index in [4.69, 9.17) is 4.74 Å². The van der Waals surface area contributed by atoms with Crippen LogP contribution in [0.5, 0.6) is 0 Å². The number of ether oxygens (including phenoxy) is 1. The molecule has 2 aliphatic heterocycles. The highest BCUT2D eigenvalue weighted by Crippen LogP contribution is 2.37. The van der Waals surface area contributed by atoms with Gasteiger partial charge in [0.25, 0.3) is 0 Å². The van der Waals surface area contributed by atoms with E-state index in [1.54, 1.807) is 0 Å². The minimum Gasteiger partial charge on any atom is -0.381 e. The van der Waals surface area contributed by atoms with Gasteiger partial charge in [-0.05, 0) is 31.6 Å². The largest absolute Gasteiger partial charge is 0.381 e. The summed E-state index contributed by atoms with van der Waals surface area (Å²) in [5.74, 6) is 1.35. The van der Waals surface area contributed by atoms with Crippen LogP contribution in [0.15, 0.2) is 0 Å². The third-order valence-electron chi connectivity index (χ3n) is 4.57. The Hall–Kier alpha value is -0.570. The van der Waals surface area contributed by atoms with E-state index in [9.17, 15) is 4.79 Å². The molecular weight excluding hydrogens is 202 g/mol. The third-order valence-corrected chi connectivity index (χ3v) is 4.57. The smallest absolute Gasteiger partial charge is 0.228 e. The fourth-order valence-corrected chi connectivity index (χ4v) is 3.64. The van der Waals surface area contributed by atoms with E-state index >= 15 is 0 Å². The van der Waals surface area contributed by atoms with Crippen LogP contribution >= 0.6 is 0 Å². The Kier molecular flexibility index (Phi) is 2.88. The maximum Gasteiger partial charge on any atom is 0.228 e. The molecule has 0 N–H and O–H groups in total. The molecule has 0 radical (unpaired) electrons. The highest BCUT2D eigenvalue weighted by atomic mass is 16.5. The second-order valence-corrected chi connectivity index (χ2v) is 5.49. The molecule has 1 saturated carbocycles. The molecule has 0 spiro atoms. The summed E-state index contributed by atoms with van der Waals surface area (Å²) in [5, 5.41) is 0. The molecule has 3 unspecified atom stereocenters. The Balaban J connectivity index is 1.67. The van der Waals surface area contributed by atoms with Gasteiger partial charge in [0.05, 0.1) is 12.5 Å². The van der Waals surface area contributed by atoms with Gasteiger partial charge in [0, 0.05) is 19.2 Å². The minimum atomic E-state index is 0.167. The molecule has 2 heterocycles. The molecule has 3 nitrogen and oxygen atoms in total. The predicted octanol–water partition coefficient (Wildman–Crippen LogP) is 1.81. The zero-order valence-electron chi connectivity index (χ0n) is 9.86. The van der Waals surface area contributed by atoms with Crippen molar-refractivity contribution in [3.05, 3.63) is 0 Å². The zero-order valence-corrected chi connectivity index (χ0v) is 9.86. The number of carbonyl (C=O) groups excluding carboxylic acids is 1. The lowest BCUT2D eigenvalue weighted by Crippen LogP contribution is -2.42. The summed E-state index contributed by atoms with van der Waals surface area (Å²) >= 11 is 0. The van der Waals surface area contributed by atoms with Crippen LogP contribution in [0.2, 0.25) is 0 Å². The molecule has 2 saturated heterocycles. The summed E-state index contributed by atoms with van der Waals surface area (Å²) in [6, 6.07) is 0.571. The van der Waals surface area contributed by atoms with E-state index in [2.05, 4.69) is 4.90 Å². The molecule has 1 aliphatic carbocycles. The van der Waals surface area contributed by atoms with E-state index < -0.39 is 0 Å². The predicted molar refractivity (Wildman–Crippen MR) is 61.0 cm³/mol. The number of nitrogens with zero attached hydrogens (tertiary/aromatic N) is 1. The van der Waals surface area contributed by atoms with Gasteiger partial charge in [-0.15, -0.1) is 0 Å². The number of rotatable bonds is 1. The molecule has 3 heteroatoms. The Morgan fingerprint density at radius 3 is 2.81 bits per heavy atom. The number of hydrogen-bond donors (Lipinski definition) is 0. The second kappa shape index (κ2) is 4.36. The molecule has 0 aromatic rings. The molecule has 90 valence electrons. The van der Waals surface area contributed by atoms with Crippen LogP contribution in [0, 0.1) is 11.8 Å². The van der Waals surface area contributed by atoms with Crippen LogP contribution in [-0.2, 0) is 9.53 Å². The summed E-state index contributed by atoms with van der Waals surface area (Å²) in [5.41, 5.74) is 0. The fourth-order valence-electron chi connectivity index (χ4n) is 3.64. The van der Waals surface area contributed by atoms with Crippen LogP contribution < -0.4 is 0 Å². The van der Waals surface area contributed by atoms with Crippen molar-refractivity contribution in [2.75, 3.05) is 19.8 Å². The van der Waals surface area contributed by atoms with Crippen molar-refractivity contribution in [2.24, 2.45) is 11.8 Å². The van der Waals surface area contributed by atoms with Gasteiger partial charge in [-0.2, -0.15) is 0 Å². The first kappa shape index (κ1) is 10.6. The Morgan fingerprint density at radius 1 is 1.12 bits per heavy atom. The first-order chi connectivity index (χ1) is 7.86. The first-order valence-electron chi connectivity index (χ1n) is 6.74. The van der Waals surface area contributed by atoms with E-state index in [0.29, 0.717) is 18.6 Å². The fraction of sp³-hybridized carbons (Fsp3) is 0.923. The average molecular weight is 223 g/mol. The van der Waals surface area contributed by atoms with Gasteiger partial charge in [0.2, 0.25) is 5.91 Å². The molecule has 0 aromatic carbocycles. The number of carbonyl (C=O) groups is 1. The molecule has 1 amide bonds. The van der Waals surface area contributed by atoms with E-state index in [0.717, 1.165) is 25.5 Å². The SMILES string of the molecule is O=C(C1CCOC1)N1CCC2CCCCC21. The van der Waals surface area contributed by atoms with Gasteiger partial charge in [-0.25, -0.2) is 0 Å². The summed E-state index contributed by atoms with van der Waals surface area (Å²) < 4.78 is 5.33. The van der Waals surface area contributed by atoms with Crippen LogP contribution in [0.3, 0.4) is 0 Å². The van der Waals surface area contributed by atoms with Crippen molar-refractivity contribution in [1.82, 2.24) is 4.90 Å². The van der Waals surface area contributed by atoms with Gasteiger partial charge < -0.3 is 9.64 Å². The first-order valence-corrected chi connectivity index (χ1v) is 6.74. The lowest BCUT2D eigenvalue weighted by atomic mass is 9.85. The number of likely N-dealkylation sites (tertiary alicyclic amines) is 1. The standard InChI is InChI=1S/C13H21NO2/c15-13(11-6-8-16-9-11)14-7-5-10-3-1-2-4-12(10)14/h10-12H,1-9H2. The van der Waals surface area contributed by atoms with Gasteiger partial charge in [0.15, 0.2) is 0 Å². The molecule has 16 heavy (non-hydrogen) atoms. The van der Waals surface area contributed by atoms with Crippen molar-refractivity contribution < 1.29 is 9.53 Å². The van der Waals surface area contributed by atoms with Gasteiger partial charge >= 0.3 is 0 Å². The maximum absolute atomic E-state index is 12.3.